The Morgan fingerprint density at radius 2 is 1.88 bits per heavy atom. The second-order valence-electron chi connectivity index (χ2n) is 6.01. The molecule has 0 saturated heterocycles. The molecule has 2 aromatic carbocycles. The molecule has 0 saturated carbocycles. The molecule has 0 spiro atoms. The number of hydrogen-bond acceptors (Lipinski definition) is 2. The molecule has 1 N–H and O–H groups in total. The molecule has 0 aliphatic carbocycles. The smallest absolute Gasteiger partial charge is 0.228 e. The van der Waals surface area contributed by atoms with E-state index in [1.165, 1.54) is 0 Å². The molecule has 0 aliphatic heterocycles. The third-order valence-electron chi connectivity index (χ3n) is 4.28. The Morgan fingerprint density at radius 1 is 1.12 bits per heavy atom. The van der Waals surface area contributed by atoms with Crippen molar-refractivity contribution in [2.45, 2.75) is 27.2 Å². The van der Waals surface area contributed by atoms with Crippen LogP contribution < -0.4 is 5.32 Å². The highest BCUT2D eigenvalue weighted by molar-refractivity contribution is 6.31. The summed E-state index contributed by atoms with van der Waals surface area (Å²) in [5.41, 5.74) is 5.63. The van der Waals surface area contributed by atoms with Crippen LogP contribution in [0.5, 0.6) is 0 Å². The van der Waals surface area contributed by atoms with Gasteiger partial charge in [0.1, 0.15) is 0 Å². The van der Waals surface area contributed by atoms with Gasteiger partial charge in [-0.3, -0.25) is 9.78 Å². The molecular formula is C20H19ClN2O. The fraction of sp³-hybridized carbons (Fsp3) is 0.200. The minimum atomic E-state index is -0.0711. The molecule has 3 aromatic rings. The minimum Gasteiger partial charge on any atom is -0.326 e. The summed E-state index contributed by atoms with van der Waals surface area (Å²) in [4.78, 5) is 17.1. The van der Waals surface area contributed by atoms with Crippen LogP contribution in [0.1, 0.15) is 22.4 Å². The summed E-state index contributed by atoms with van der Waals surface area (Å²) in [6.07, 6.45) is 0.293. The number of aromatic nitrogens is 1. The number of nitrogens with one attached hydrogen (secondary N) is 1. The lowest BCUT2D eigenvalue weighted by atomic mass is 9.99. The lowest BCUT2D eigenvalue weighted by molar-refractivity contribution is -0.115. The Kier molecular flexibility index (Phi) is 4.54. The number of halogens is 1. The van der Waals surface area contributed by atoms with Crippen LogP contribution in [0.3, 0.4) is 0 Å². The first-order valence-electron chi connectivity index (χ1n) is 7.86. The monoisotopic (exact) mass is 338 g/mol. The topological polar surface area (TPSA) is 42.0 Å². The SMILES string of the molecule is Cc1ccc(NC(=O)Cc2c(C)nc3ccccc3c2C)cc1Cl. The molecule has 1 amide bonds. The summed E-state index contributed by atoms with van der Waals surface area (Å²) >= 11 is 6.11. The van der Waals surface area contributed by atoms with Crippen LogP contribution in [-0.2, 0) is 11.2 Å². The predicted octanol–water partition coefficient (Wildman–Crippen LogP) is 4.99. The van der Waals surface area contributed by atoms with Gasteiger partial charge in [-0.25, -0.2) is 0 Å². The largest absolute Gasteiger partial charge is 0.326 e. The van der Waals surface area contributed by atoms with Gasteiger partial charge in [0.15, 0.2) is 0 Å². The molecule has 3 nitrogen and oxygen atoms in total. The fourth-order valence-corrected chi connectivity index (χ4v) is 3.05. The van der Waals surface area contributed by atoms with Gasteiger partial charge in [-0.05, 0) is 55.7 Å². The van der Waals surface area contributed by atoms with Crippen molar-refractivity contribution in [3.63, 3.8) is 0 Å². The van der Waals surface area contributed by atoms with Gasteiger partial charge < -0.3 is 5.32 Å². The van der Waals surface area contributed by atoms with Gasteiger partial charge in [-0.15, -0.1) is 0 Å². The number of pyridine rings is 1. The van der Waals surface area contributed by atoms with Crippen LogP contribution in [-0.4, -0.2) is 10.9 Å². The molecule has 0 aliphatic rings. The first kappa shape index (κ1) is 16.5. The molecule has 0 fully saturated rings. The number of aryl methyl sites for hydroxylation is 3. The second kappa shape index (κ2) is 6.62. The van der Waals surface area contributed by atoms with Crippen molar-refractivity contribution in [3.05, 3.63) is 69.9 Å². The molecule has 122 valence electrons. The van der Waals surface area contributed by atoms with E-state index < -0.39 is 0 Å². The van der Waals surface area contributed by atoms with Crippen molar-refractivity contribution in [3.8, 4) is 0 Å². The summed E-state index contributed by atoms with van der Waals surface area (Å²) in [5.74, 6) is -0.0711. The van der Waals surface area contributed by atoms with Gasteiger partial charge in [-0.2, -0.15) is 0 Å². The number of benzene rings is 2. The molecule has 0 unspecified atom stereocenters. The maximum absolute atomic E-state index is 12.4. The summed E-state index contributed by atoms with van der Waals surface area (Å²) in [6.45, 7) is 5.93. The van der Waals surface area contributed by atoms with Crippen LogP contribution in [0, 0.1) is 20.8 Å². The molecule has 0 atom stereocenters. The Bertz CT molecular complexity index is 934. The van der Waals surface area contributed by atoms with E-state index >= 15 is 0 Å². The Morgan fingerprint density at radius 3 is 2.62 bits per heavy atom. The number of amides is 1. The number of nitrogens with zero attached hydrogens (tertiary/aromatic N) is 1. The standard InChI is InChI=1S/C20H19ClN2O/c1-12-8-9-15(10-18(12)21)23-20(24)11-17-13(2)16-6-4-5-7-19(16)22-14(17)3/h4-10H,11H2,1-3H3,(H,23,24). The van der Waals surface area contributed by atoms with E-state index in [1.54, 1.807) is 6.07 Å². The van der Waals surface area contributed by atoms with Gasteiger partial charge in [0, 0.05) is 21.8 Å². The zero-order valence-electron chi connectivity index (χ0n) is 14.0. The number of anilines is 1. The Labute approximate surface area is 146 Å². The lowest BCUT2D eigenvalue weighted by Crippen LogP contribution is -2.16. The summed E-state index contributed by atoms with van der Waals surface area (Å²) < 4.78 is 0. The first-order chi connectivity index (χ1) is 11.5. The van der Waals surface area contributed by atoms with Gasteiger partial charge >= 0.3 is 0 Å². The van der Waals surface area contributed by atoms with E-state index in [2.05, 4.69) is 10.3 Å². The number of carbonyl (C=O) groups is 1. The van der Waals surface area contributed by atoms with E-state index in [4.69, 9.17) is 11.6 Å². The summed E-state index contributed by atoms with van der Waals surface area (Å²) in [5, 5.41) is 4.64. The fourth-order valence-electron chi connectivity index (χ4n) is 2.87. The zero-order valence-corrected chi connectivity index (χ0v) is 14.7. The molecule has 3 rings (SSSR count). The predicted molar refractivity (Wildman–Crippen MR) is 99.7 cm³/mol. The van der Waals surface area contributed by atoms with Crippen molar-refractivity contribution in [1.29, 1.82) is 0 Å². The molecule has 24 heavy (non-hydrogen) atoms. The van der Waals surface area contributed by atoms with Crippen molar-refractivity contribution >= 4 is 34.1 Å². The van der Waals surface area contributed by atoms with E-state index in [9.17, 15) is 4.79 Å². The summed E-state index contributed by atoms with van der Waals surface area (Å²) in [6, 6.07) is 13.5. The molecule has 1 heterocycles. The Hall–Kier alpha value is -2.39. The summed E-state index contributed by atoms with van der Waals surface area (Å²) in [7, 11) is 0. The van der Waals surface area contributed by atoms with Gasteiger partial charge in [0.25, 0.3) is 0 Å². The molecule has 0 radical (unpaired) electrons. The van der Waals surface area contributed by atoms with Crippen LogP contribution in [0.25, 0.3) is 10.9 Å². The maximum Gasteiger partial charge on any atom is 0.228 e. The van der Waals surface area contributed by atoms with Crippen LogP contribution in [0.4, 0.5) is 5.69 Å². The van der Waals surface area contributed by atoms with Crippen molar-refractivity contribution in [2.24, 2.45) is 0 Å². The molecule has 1 aromatic heterocycles. The Balaban J connectivity index is 1.86. The van der Waals surface area contributed by atoms with Crippen LogP contribution in [0.15, 0.2) is 42.5 Å². The molecule has 4 heteroatoms. The van der Waals surface area contributed by atoms with Crippen molar-refractivity contribution in [1.82, 2.24) is 4.98 Å². The highest BCUT2D eigenvalue weighted by Crippen LogP contribution is 2.24. The average Bonchev–Trinajstić information content (AvgIpc) is 2.55. The quantitative estimate of drug-likeness (QED) is 0.730. The third kappa shape index (κ3) is 3.26. The number of carbonyl (C=O) groups excluding carboxylic acids is 1. The van der Waals surface area contributed by atoms with E-state index in [0.717, 1.165) is 33.3 Å². The normalized spacial score (nSPS) is 10.8. The second-order valence-corrected chi connectivity index (χ2v) is 6.41. The first-order valence-corrected chi connectivity index (χ1v) is 8.24. The van der Waals surface area contributed by atoms with Crippen LogP contribution in [0.2, 0.25) is 5.02 Å². The molecule has 0 bridgehead atoms. The third-order valence-corrected chi connectivity index (χ3v) is 4.69. The maximum atomic E-state index is 12.4. The van der Waals surface area contributed by atoms with Crippen molar-refractivity contribution < 1.29 is 4.79 Å². The zero-order chi connectivity index (χ0) is 17.3. The van der Waals surface area contributed by atoms with E-state index in [0.29, 0.717) is 17.1 Å². The number of rotatable bonds is 3. The molecular weight excluding hydrogens is 320 g/mol. The van der Waals surface area contributed by atoms with E-state index in [1.807, 2.05) is 57.2 Å². The van der Waals surface area contributed by atoms with Gasteiger partial charge in [0.2, 0.25) is 5.91 Å². The van der Waals surface area contributed by atoms with Gasteiger partial charge in [-0.1, -0.05) is 35.9 Å². The average molecular weight is 339 g/mol. The highest BCUT2D eigenvalue weighted by atomic mass is 35.5. The van der Waals surface area contributed by atoms with Crippen molar-refractivity contribution in [2.75, 3.05) is 5.32 Å². The minimum absolute atomic E-state index is 0.0711. The van der Waals surface area contributed by atoms with Gasteiger partial charge in [0.05, 0.1) is 11.9 Å². The highest BCUT2D eigenvalue weighted by Gasteiger charge is 2.13. The van der Waals surface area contributed by atoms with E-state index in [-0.39, 0.29) is 5.91 Å². The number of para-hydroxylation sites is 1. The van der Waals surface area contributed by atoms with Crippen LogP contribution >= 0.6 is 11.6 Å². The lowest BCUT2D eigenvalue weighted by Gasteiger charge is -2.13. The number of hydrogen-bond donors (Lipinski definition) is 1. The number of fused-ring (bicyclic) bond motifs is 1.